The number of aromatic nitrogens is 1. The Hall–Kier alpha value is -2.54. The molecule has 2 atom stereocenters. The number of nitrogens with one attached hydrogen (secondary N) is 1. The van der Waals surface area contributed by atoms with Crippen LogP contribution in [-0.4, -0.2) is 27.8 Å². The van der Waals surface area contributed by atoms with Gasteiger partial charge in [0, 0.05) is 17.0 Å². The van der Waals surface area contributed by atoms with E-state index in [0.717, 1.165) is 22.0 Å². The van der Waals surface area contributed by atoms with Gasteiger partial charge in [-0.05, 0) is 37.0 Å². The molecule has 1 fully saturated rings. The van der Waals surface area contributed by atoms with E-state index in [1.54, 1.807) is 35.6 Å². The number of benzene rings is 1. The first-order chi connectivity index (χ1) is 14.1. The number of aliphatic imine (C=N–C) groups is 1. The first-order valence-corrected chi connectivity index (χ1v) is 11.1. The fourth-order valence-corrected chi connectivity index (χ4v) is 5.43. The van der Waals surface area contributed by atoms with Gasteiger partial charge in [-0.25, -0.2) is 19.6 Å². The number of rotatable bonds is 5. The molecule has 7 heteroatoms. The normalized spacial score (nSPS) is 22.8. The number of carbonyl (C=O) groups excluding carboxylic acids is 1. The van der Waals surface area contributed by atoms with Crippen LogP contribution in [0.4, 0.5) is 4.79 Å². The van der Waals surface area contributed by atoms with E-state index in [9.17, 15) is 9.59 Å². The van der Waals surface area contributed by atoms with Crippen LogP contribution in [0.2, 0.25) is 0 Å². The molecule has 2 amide bonds. The quantitative estimate of drug-likeness (QED) is 0.699. The lowest BCUT2D eigenvalue weighted by Gasteiger charge is -2.31. The van der Waals surface area contributed by atoms with E-state index in [1.165, 1.54) is 32.1 Å². The lowest BCUT2D eigenvalue weighted by Crippen LogP contribution is -2.39. The van der Waals surface area contributed by atoms with E-state index in [-0.39, 0.29) is 23.6 Å². The average Bonchev–Trinajstić information content (AvgIpc) is 3.23. The molecule has 2 unspecified atom stereocenters. The molecule has 2 aliphatic rings. The highest BCUT2D eigenvalue weighted by atomic mass is 32.1. The van der Waals surface area contributed by atoms with Crippen LogP contribution in [0.3, 0.4) is 0 Å². The van der Waals surface area contributed by atoms with Crippen LogP contribution in [-0.2, 0) is 0 Å². The molecule has 1 aliphatic carbocycles. The highest BCUT2D eigenvalue weighted by Gasteiger charge is 2.36. The fourth-order valence-electron chi connectivity index (χ4n) is 4.36. The zero-order valence-corrected chi connectivity index (χ0v) is 17.2. The Balaban J connectivity index is 1.68. The van der Waals surface area contributed by atoms with Gasteiger partial charge < -0.3 is 10.4 Å². The van der Waals surface area contributed by atoms with E-state index < -0.39 is 5.97 Å². The molecule has 152 valence electrons. The number of urea groups is 1. The minimum absolute atomic E-state index is 0.129. The summed E-state index contributed by atoms with van der Waals surface area (Å²) in [6.07, 6.45) is 6.89. The number of carbonyl (C=O) groups is 2. The third-order valence-corrected chi connectivity index (χ3v) is 6.87. The number of aromatic carboxylic acids is 1. The topological polar surface area (TPSA) is 91.7 Å². The monoisotopic (exact) mass is 411 g/mol. The van der Waals surface area contributed by atoms with E-state index in [1.807, 2.05) is 6.92 Å². The number of carboxylic acid groups (broad SMARTS) is 1. The highest BCUT2D eigenvalue weighted by molar-refractivity contribution is 7.09. The predicted octanol–water partition coefficient (Wildman–Crippen LogP) is 5.29. The first-order valence-electron chi connectivity index (χ1n) is 10.2. The molecule has 2 N–H and O–H groups in total. The summed E-state index contributed by atoms with van der Waals surface area (Å²) in [7, 11) is 0. The summed E-state index contributed by atoms with van der Waals surface area (Å²) in [5.74, 6) is -0.563. The lowest BCUT2D eigenvalue weighted by atomic mass is 9.86. The molecule has 6 nitrogen and oxygen atoms in total. The molecule has 0 spiro atoms. The number of hydrogen-bond acceptors (Lipinski definition) is 4. The average molecular weight is 412 g/mol. The van der Waals surface area contributed by atoms with E-state index in [0.29, 0.717) is 12.3 Å². The zero-order valence-electron chi connectivity index (χ0n) is 16.4. The first kappa shape index (κ1) is 19.8. The molecule has 0 radical (unpaired) electrons. The maximum atomic E-state index is 12.2. The molecule has 0 bridgehead atoms. The van der Waals surface area contributed by atoms with Gasteiger partial charge in [-0.3, -0.25) is 0 Å². The van der Waals surface area contributed by atoms with Crippen LogP contribution in [0.5, 0.6) is 0 Å². The van der Waals surface area contributed by atoms with Crippen molar-refractivity contribution in [2.45, 2.75) is 63.3 Å². The maximum Gasteiger partial charge on any atom is 0.341 e. The smallest absolute Gasteiger partial charge is 0.341 e. The van der Waals surface area contributed by atoms with Gasteiger partial charge >= 0.3 is 12.0 Å². The summed E-state index contributed by atoms with van der Waals surface area (Å²) in [6.45, 7) is 2.00. The Morgan fingerprint density at radius 2 is 1.93 bits per heavy atom. The van der Waals surface area contributed by atoms with Gasteiger partial charge in [-0.1, -0.05) is 38.3 Å². The Morgan fingerprint density at radius 1 is 1.21 bits per heavy atom. The van der Waals surface area contributed by atoms with Crippen molar-refractivity contribution in [3.05, 3.63) is 51.5 Å². The van der Waals surface area contributed by atoms with Crippen molar-refractivity contribution in [3.63, 3.8) is 0 Å². The number of carboxylic acids is 1. The number of nitrogens with zero attached hydrogens (tertiary/aromatic N) is 2. The summed E-state index contributed by atoms with van der Waals surface area (Å²) >= 11 is 1.64. The van der Waals surface area contributed by atoms with Crippen molar-refractivity contribution in [3.8, 4) is 0 Å². The molecular formula is C22H25N3O3S. The van der Waals surface area contributed by atoms with Gasteiger partial charge in [-0.2, -0.15) is 0 Å². The van der Waals surface area contributed by atoms with Crippen molar-refractivity contribution in [2.75, 3.05) is 0 Å². The van der Waals surface area contributed by atoms with Gasteiger partial charge in [-0.15, -0.1) is 11.3 Å². The van der Waals surface area contributed by atoms with Crippen molar-refractivity contribution >= 4 is 29.0 Å². The second-order valence-electron chi connectivity index (χ2n) is 7.73. The van der Waals surface area contributed by atoms with Gasteiger partial charge in [0.2, 0.25) is 0 Å². The van der Waals surface area contributed by atoms with Crippen LogP contribution in [0.25, 0.3) is 0 Å². The molecule has 4 rings (SSSR count). The molecule has 1 aliphatic heterocycles. The Morgan fingerprint density at radius 3 is 2.59 bits per heavy atom. The van der Waals surface area contributed by atoms with Gasteiger partial charge in [0.1, 0.15) is 5.01 Å². The maximum absolute atomic E-state index is 12.2. The molecular weight excluding hydrogens is 386 g/mol. The summed E-state index contributed by atoms with van der Waals surface area (Å²) < 4.78 is 0. The second-order valence-corrected chi connectivity index (χ2v) is 8.62. The predicted molar refractivity (Wildman–Crippen MR) is 113 cm³/mol. The minimum Gasteiger partial charge on any atom is -0.478 e. The Bertz CT molecular complexity index is 929. The zero-order chi connectivity index (χ0) is 20.4. The summed E-state index contributed by atoms with van der Waals surface area (Å²) in [4.78, 5) is 32.6. The summed E-state index contributed by atoms with van der Waals surface area (Å²) in [5.41, 5.74) is 3.08. The standard InChI is InChI=1S/C22H25N3O3S/c1-2-16-18(20-23-17(12-29-20)13-6-4-3-5-7-13)19(25-22(28)24-16)14-8-10-15(11-9-14)21(26)27/h8-13,18-19H,2-7H2,1H3,(H,25,28)(H,26,27). The van der Waals surface area contributed by atoms with Crippen LogP contribution in [0, 0.1) is 0 Å². The second kappa shape index (κ2) is 8.45. The highest BCUT2D eigenvalue weighted by Crippen LogP contribution is 2.40. The number of hydrogen-bond donors (Lipinski definition) is 2. The third kappa shape index (κ3) is 4.10. The van der Waals surface area contributed by atoms with Gasteiger partial charge in [0.25, 0.3) is 0 Å². The largest absolute Gasteiger partial charge is 0.478 e. The van der Waals surface area contributed by atoms with Crippen LogP contribution < -0.4 is 5.32 Å². The SMILES string of the molecule is CCC1=NC(=O)NC(c2ccc(C(=O)O)cc2)C1c1nc(C2CCCCC2)cs1. The van der Waals surface area contributed by atoms with Crippen LogP contribution in [0.1, 0.15) is 89.9 Å². The Labute approximate surface area is 174 Å². The van der Waals surface area contributed by atoms with Crippen molar-refractivity contribution in [2.24, 2.45) is 4.99 Å². The van der Waals surface area contributed by atoms with Crippen LogP contribution >= 0.6 is 11.3 Å². The lowest BCUT2D eigenvalue weighted by molar-refractivity contribution is 0.0697. The molecule has 2 aromatic rings. The van der Waals surface area contributed by atoms with Gasteiger partial charge in [0.05, 0.1) is 23.2 Å². The number of amides is 2. The molecule has 0 saturated heterocycles. The molecule has 1 saturated carbocycles. The molecule has 1 aromatic carbocycles. The van der Waals surface area contributed by atoms with Gasteiger partial charge in [0.15, 0.2) is 0 Å². The molecule has 29 heavy (non-hydrogen) atoms. The summed E-state index contributed by atoms with van der Waals surface area (Å²) in [5, 5.41) is 15.3. The van der Waals surface area contributed by atoms with E-state index >= 15 is 0 Å². The fraction of sp³-hybridized carbons (Fsp3) is 0.455. The van der Waals surface area contributed by atoms with Crippen molar-refractivity contribution in [1.82, 2.24) is 10.3 Å². The molecule has 2 heterocycles. The number of thiazole rings is 1. The minimum atomic E-state index is -0.964. The van der Waals surface area contributed by atoms with E-state index in [2.05, 4.69) is 15.7 Å². The van der Waals surface area contributed by atoms with Crippen molar-refractivity contribution < 1.29 is 14.7 Å². The van der Waals surface area contributed by atoms with E-state index in [4.69, 9.17) is 10.1 Å². The van der Waals surface area contributed by atoms with Crippen LogP contribution in [0.15, 0.2) is 34.6 Å². The molecule has 1 aromatic heterocycles. The third-order valence-electron chi connectivity index (χ3n) is 5.92. The van der Waals surface area contributed by atoms with Crippen molar-refractivity contribution in [1.29, 1.82) is 0 Å². The summed E-state index contributed by atoms with van der Waals surface area (Å²) in [6, 6.07) is 6.05. The Kier molecular flexibility index (Phi) is 5.76.